The molecule has 0 aliphatic heterocycles. The van der Waals surface area contributed by atoms with Crippen LogP contribution in [0.3, 0.4) is 0 Å². The number of halogens is 3. The second-order valence-corrected chi connectivity index (χ2v) is 2.20. The fourth-order valence-electron chi connectivity index (χ4n) is 0.633. The third-order valence-corrected chi connectivity index (χ3v) is 1.18. The van der Waals surface area contributed by atoms with Crippen molar-refractivity contribution < 1.29 is 12.9 Å². The Bertz CT molecular complexity index is 207. The summed E-state index contributed by atoms with van der Waals surface area (Å²) < 4.78 is 36.3. The van der Waals surface area contributed by atoms with E-state index in [1.165, 1.54) is 17.2 Å². The SMILES string of the molecule is F[B-](F)(F)CCn1cnnc1. The minimum atomic E-state index is -4.68. The highest BCUT2D eigenvalue weighted by Crippen LogP contribution is 2.14. The van der Waals surface area contributed by atoms with Crippen molar-refractivity contribution in [3.63, 3.8) is 0 Å². The number of rotatable bonds is 3. The van der Waals surface area contributed by atoms with Crippen molar-refractivity contribution in [3.05, 3.63) is 12.7 Å². The molecule has 1 rings (SSSR count). The Morgan fingerprint density at radius 1 is 1.18 bits per heavy atom. The van der Waals surface area contributed by atoms with E-state index in [9.17, 15) is 12.9 Å². The highest BCUT2D eigenvalue weighted by molar-refractivity contribution is 6.58. The Morgan fingerprint density at radius 3 is 2.18 bits per heavy atom. The summed E-state index contributed by atoms with van der Waals surface area (Å²) in [6.07, 6.45) is 1.75. The quantitative estimate of drug-likeness (QED) is 0.626. The van der Waals surface area contributed by atoms with Gasteiger partial charge in [-0.25, -0.2) is 0 Å². The molecule has 0 spiro atoms. The summed E-state index contributed by atoms with van der Waals surface area (Å²) in [5, 5.41) is 6.75. The van der Waals surface area contributed by atoms with Crippen molar-refractivity contribution in [2.24, 2.45) is 0 Å². The Balaban J connectivity index is 2.35. The first-order valence-corrected chi connectivity index (χ1v) is 3.11. The molecular formula is C4H6BF3N3-. The Hall–Kier alpha value is -1.01. The molecule has 11 heavy (non-hydrogen) atoms. The maximum absolute atomic E-state index is 11.7. The van der Waals surface area contributed by atoms with Crippen LogP contribution >= 0.6 is 0 Å². The van der Waals surface area contributed by atoms with Crippen molar-refractivity contribution in [1.29, 1.82) is 0 Å². The molecule has 1 heterocycles. The van der Waals surface area contributed by atoms with Crippen molar-refractivity contribution in [2.45, 2.75) is 12.9 Å². The minimum Gasteiger partial charge on any atom is -0.449 e. The van der Waals surface area contributed by atoms with E-state index < -0.39 is 13.3 Å². The average molecular weight is 164 g/mol. The van der Waals surface area contributed by atoms with Crippen LogP contribution in [0.25, 0.3) is 0 Å². The van der Waals surface area contributed by atoms with Gasteiger partial charge in [0, 0.05) is 6.54 Å². The summed E-state index contributed by atoms with van der Waals surface area (Å²) in [7, 11) is 0. The van der Waals surface area contributed by atoms with Crippen molar-refractivity contribution >= 4 is 6.98 Å². The number of hydrogen-bond acceptors (Lipinski definition) is 2. The first-order valence-electron chi connectivity index (χ1n) is 3.11. The Morgan fingerprint density at radius 2 is 1.73 bits per heavy atom. The van der Waals surface area contributed by atoms with Gasteiger partial charge in [-0.3, -0.25) is 0 Å². The third-order valence-electron chi connectivity index (χ3n) is 1.18. The van der Waals surface area contributed by atoms with Crippen molar-refractivity contribution in [3.8, 4) is 0 Å². The van der Waals surface area contributed by atoms with Crippen LogP contribution in [0.5, 0.6) is 0 Å². The van der Waals surface area contributed by atoms with Gasteiger partial charge in [-0.15, -0.1) is 10.2 Å². The Labute approximate surface area is 61.3 Å². The lowest BCUT2D eigenvalue weighted by molar-refractivity contribution is 0.457. The summed E-state index contributed by atoms with van der Waals surface area (Å²) in [6, 6.07) is 0. The van der Waals surface area contributed by atoms with Gasteiger partial charge in [-0.05, 0) is 0 Å². The molecule has 0 aliphatic rings. The average Bonchev–Trinajstić information content (AvgIpc) is 2.32. The third kappa shape index (κ3) is 3.06. The first kappa shape index (κ1) is 8.09. The molecule has 62 valence electrons. The first-order chi connectivity index (χ1) is 5.08. The molecular weight excluding hydrogens is 158 g/mol. The molecule has 0 fully saturated rings. The molecule has 0 aromatic carbocycles. The molecule has 1 aromatic rings. The van der Waals surface area contributed by atoms with E-state index in [0.29, 0.717) is 0 Å². The lowest BCUT2D eigenvalue weighted by atomic mass is 9.86. The zero-order valence-electron chi connectivity index (χ0n) is 5.62. The summed E-state index contributed by atoms with van der Waals surface area (Å²) >= 11 is 0. The molecule has 7 heteroatoms. The molecule has 0 atom stereocenters. The fourth-order valence-corrected chi connectivity index (χ4v) is 0.633. The van der Waals surface area contributed by atoms with E-state index in [-0.39, 0.29) is 6.54 Å². The van der Waals surface area contributed by atoms with Crippen LogP contribution < -0.4 is 0 Å². The zero-order chi connectivity index (χ0) is 8.32. The number of nitrogens with zero attached hydrogens (tertiary/aromatic N) is 3. The van der Waals surface area contributed by atoms with Crippen LogP contribution in [0.4, 0.5) is 12.9 Å². The van der Waals surface area contributed by atoms with Gasteiger partial charge in [0.15, 0.2) is 0 Å². The fraction of sp³-hybridized carbons (Fsp3) is 0.500. The summed E-state index contributed by atoms with van der Waals surface area (Å²) in [6.45, 7) is -4.77. The van der Waals surface area contributed by atoms with Gasteiger partial charge >= 0.3 is 6.98 Å². The normalized spacial score (nSPS) is 11.9. The molecule has 0 aliphatic carbocycles. The molecule has 0 bridgehead atoms. The summed E-state index contributed by atoms with van der Waals surface area (Å²) in [5.41, 5.74) is 0. The van der Waals surface area contributed by atoms with Gasteiger partial charge in [-0.2, -0.15) is 0 Å². The van der Waals surface area contributed by atoms with Gasteiger partial charge in [0.1, 0.15) is 12.7 Å². The highest BCUT2D eigenvalue weighted by atomic mass is 19.4. The highest BCUT2D eigenvalue weighted by Gasteiger charge is 2.21. The van der Waals surface area contributed by atoms with Crippen LogP contribution in [0.2, 0.25) is 6.32 Å². The van der Waals surface area contributed by atoms with E-state index in [1.54, 1.807) is 0 Å². The van der Waals surface area contributed by atoms with Crippen molar-refractivity contribution in [2.75, 3.05) is 0 Å². The lowest BCUT2D eigenvalue weighted by Crippen LogP contribution is -2.16. The standard InChI is InChI=1S/C4H6BF3N3/c6-5(7,8)1-2-11-3-9-10-4-11/h3-4H,1-2H2/q-1. The predicted octanol–water partition coefficient (Wildman–Crippen LogP) is 1.13. The van der Waals surface area contributed by atoms with Crippen LogP contribution in [0, 0.1) is 0 Å². The van der Waals surface area contributed by atoms with Crippen LogP contribution in [0.15, 0.2) is 12.7 Å². The maximum Gasteiger partial charge on any atom is 0.480 e. The molecule has 0 amide bonds. The van der Waals surface area contributed by atoms with Crippen LogP contribution in [-0.4, -0.2) is 21.7 Å². The van der Waals surface area contributed by atoms with Crippen LogP contribution in [-0.2, 0) is 6.54 Å². The van der Waals surface area contributed by atoms with Gasteiger partial charge < -0.3 is 17.5 Å². The molecule has 0 saturated carbocycles. The molecule has 3 nitrogen and oxygen atoms in total. The molecule has 1 aromatic heterocycles. The van der Waals surface area contributed by atoms with E-state index in [1.807, 2.05) is 0 Å². The Kier molecular flexibility index (Phi) is 2.16. The van der Waals surface area contributed by atoms with Gasteiger partial charge in [0.05, 0.1) is 0 Å². The van der Waals surface area contributed by atoms with Gasteiger partial charge in [0.25, 0.3) is 0 Å². The summed E-state index contributed by atoms with van der Waals surface area (Å²) in [4.78, 5) is 0. The molecule has 0 unspecified atom stereocenters. The zero-order valence-corrected chi connectivity index (χ0v) is 5.62. The van der Waals surface area contributed by atoms with E-state index in [4.69, 9.17) is 0 Å². The number of hydrogen-bond donors (Lipinski definition) is 0. The van der Waals surface area contributed by atoms with Crippen LogP contribution in [0.1, 0.15) is 0 Å². The lowest BCUT2D eigenvalue weighted by Gasteiger charge is -2.12. The second kappa shape index (κ2) is 2.94. The molecule has 0 radical (unpaired) electrons. The van der Waals surface area contributed by atoms with E-state index in [0.717, 1.165) is 0 Å². The summed E-state index contributed by atoms with van der Waals surface area (Å²) in [5.74, 6) is 0. The van der Waals surface area contributed by atoms with Gasteiger partial charge in [-0.1, -0.05) is 6.32 Å². The maximum atomic E-state index is 11.7. The molecule has 0 saturated heterocycles. The topological polar surface area (TPSA) is 30.7 Å². The minimum absolute atomic E-state index is 0.0868. The largest absolute Gasteiger partial charge is 0.480 e. The van der Waals surface area contributed by atoms with Gasteiger partial charge in [0.2, 0.25) is 0 Å². The molecule has 0 N–H and O–H groups in total. The van der Waals surface area contributed by atoms with E-state index in [2.05, 4.69) is 10.2 Å². The smallest absolute Gasteiger partial charge is 0.449 e. The van der Waals surface area contributed by atoms with E-state index >= 15 is 0 Å². The number of aryl methyl sites for hydroxylation is 1. The number of aromatic nitrogens is 3. The van der Waals surface area contributed by atoms with Crippen molar-refractivity contribution in [1.82, 2.24) is 14.8 Å². The second-order valence-electron chi connectivity index (χ2n) is 2.20. The monoisotopic (exact) mass is 164 g/mol. The predicted molar refractivity (Wildman–Crippen MR) is 33.9 cm³/mol.